The van der Waals surface area contributed by atoms with Gasteiger partial charge in [0, 0.05) is 0 Å². The molecule has 0 saturated carbocycles. The molecule has 0 saturated heterocycles. The number of hydrogen-bond acceptors (Lipinski definition) is 2. The molecule has 0 aliphatic rings. The van der Waals surface area contributed by atoms with Crippen molar-refractivity contribution >= 4 is 28.7 Å². The Morgan fingerprint density at radius 3 is 2.53 bits per heavy atom. The van der Waals surface area contributed by atoms with Gasteiger partial charge >= 0.3 is 29.2 Å². The first kappa shape index (κ1) is 14.5. The molecule has 0 bridgehead atoms. The summed E-state index contributed by atoms with van der Waals surface area (Å²) in [5.41, 5.74) is 0.0647. The number of fused-ring (bicyclic) bond motifs is 1. The second kappa shape index (κ2) is 5.00. The van der Waals surface area contributed by atoms with Crippen molar-refractivity contribution in [3.05, 3.63) is 30.2 Å². The number of rotatable bonds is 0. The number of hydrogen-bond donors (Lipinski definition) is 0. The van der Waals surface area contributed by atoms with Crippen molar-refractivity contribution < 1.29 is 25.6 Å². The zero-order chi connectivity index (χ0) is 9.47. The average Bonchev–Trinajstić information content (AvgIpc) is 2.45. The standard InChI is InChI=1S/C7H3F3N3.ClH.Mg/c8-7(9,10)6-12-11-5-3-1-2-4-13(5)6;;/h1-2,4H;1H;/q-1;;+2/p-1. The average molecular weight is 246 g/mol. The van der Waals surface area contributed by atoms with Gasteiger partial charge in [-0.15, -0.1) is 5.10 Å². The zero-order valence-electron chi connectivity index (χ0n) is 7.29. The first-order valence-corrected chi connectivity index (χ1v) is 3.37. The van der Waals surface area contributed by atoms with Crippen LogP contribution in [0, 0.1) is 6.07 Å². The Hall–Kier alpha value is -0.534. The molecule has 0 N–H and O–H groups in total. The van der Waals surface area contributed by atoms with E-state index in [-0.39, 0.29) is 41.1 Å². The topological polar surface area (TPSA) is 30.2 Å². The molecule has 0 amide bonds. The van der Waals surface area contributed by atoms with Gasteiger partial charge < -0.3 is 16.8 Å². The van der Waals surface area contributed by atoms with Crippen LogP contribution in [-0.2, 0) is 6.18 Å². The molecule has 0 spiro atoms. The molecule has 3 nitrogen and oxygen atoms in total. The molecular weight excluding hydrogens is 243 g/mol. The Balaban J connectivity index is 0.000000980. The summed E-state index contributed by atoms with van der Waals surface area (Å²) in [6.45, 7) is 0. The SMILES string of the molecule is FC(F)(F)c1nnc2[c-]cccn12.[Cl-].[Mg+2]. The molecular formula is C7H3ClF3MgN3. The number of pyridine rings is 1. The van der Waals surface area contributed by atoms with Crippen molar-refractivity contribution in [1.29, 1.82) is 0 Å². The second-order valence-corrected chi connectivity index (χ2v) is 2.37. The fourth-order valence-electron chi connectivity index (χ4n) is 0.976. The number of alkyl halides is 3. The molecule has 0 fully saturated rings. The summed E-state index contributed by atoms with van der Waals surface area (Å²) in [6, 6.07) is 5.45. The summed E-state index contributed by atoms with van der Waals surface area (Å²) in [4.78, 5) is 0. The number of aromatic nitrogens is 3. The van der Waals surface area contributed by atoms with Crippen molar-refractivity contribution in [1.82, 2.24) is 14.6 Å². The predicted octanol–water partition coefficient (Wildman–Crippen LogP) is -1.83. The third-order valence-electron chi connectivity index (χ3n) is 1.49. The van der Waals surface area contributed by atoms with Gasteiger partial charge in [0.25, 0.3) is 0 Å². The summed E-state index contributed by atoms with van der Waals surface area (Å²) in [5, 5.41) is 6.35. The van der Waals surface area contributed by atoms with Crippen LogP contribution in [0.2, 0.25) is 0 Å². The van der Waals surface area contributed by atoms with Gasteiger partial charge in [0.2, 0.25) is 5.82 Å². The number of halogens is 4. The van der Waals surface area contributed by atoms with Crippen molar-refractivity contribution in [2.45, 2.75) is 6.18 Å². The second-order valence-electron chi connectivity index (χ2n) is 2.37. The third-order valence-corrected chi connectivity index (χ3v) is 1.49. The summed E-state index contributed by atoms with van der Waals surface area (Å²) >= 11 is 0. The maximum atomic E-state index is 12.2. The van der Waals surface area contributed by atoms with Crippen LogP contribution in [0.15, 0.2) is 18.3 Å². The van der Waals surface area contributed by atoms with Crippen molar-refractivity contribution in [3.8, 4) is 0 Å². The molecule has 2 aromatic heterocycles. The van der Waals surface area contributed by atoms with Gasteiger partial charge in [-0.1, -0.05) is 6.20 Å². The van der Waals surface area contributed by atoms with Crippen LogP contribution in [0.4, 0.5) is 13.2 Å². The van der Waals surface area contributed by atoms with Gasteiger partial charge in [0.1, 0.15) is 0 Å². The summed E-state index contributed by atoms with van der Waals surface area (Å²) < 4.78 is 37.5. The van der Waals surface area contributed by atoms with E-state index < -0.39 is 12.0 Å². The van der Waals surface area contributed by atoms with Crippen LogP contribution < -0.4 is 12.4 Å². The maximum absolute atomic E-state index is 12.2. The normalized spacial score (nSPS) is 10.6. The first-order valence-electron chi connectivity index (χ1n) is 3.37. The molecule has 0 aliphatic heterocycles. The van der Waals surface area contributed by atoms with Crippen molar-refractivity contribution in [2.75, 3.05) is 0 Å². The third kappa shape index (κ3) is 2.73. The van der Waals surface area contributed by atoms with E-state index >= 15 is 0 Å². The molecule has 0 aliphatic carbocycles. The molecule has 2 aromatic rings. The first-order chi connectivity index (χ1) is 6.09. The maximum Gasteiger partial charge on any atom is 2.00 e. The van der Waals surface area contributed by atoms with Crippen LogP contribution >= 0.6 is 0 Å². The Bertz CT molecular complexity index is 442. The molecule has 8 heteroatoms. The minimum Gasteiger partial charge on any atom is -1.00 e. The Kier molecular flexibility index (Phi) is 4.82. The van der Waals surface area contributed by atoms with Gasteiger partial charge in [-0.3, -0.25) is 0 Å². The zero-order valence-corrected chi connectivity index (χ0v) is 9.46. The quantitative estimate of drug-likeness (QED) is 0.404. The summed E-state index contributed by atoms with van der Waals surface area (Å²) in [7, 11) is 0. The fourth-order valence-corrected chi connectivity index (χ4v) is 0.976. The van der Waals surface area contributed by atoms with Gasteiger partial charge in [-0.05, 0) is 0 Å². The Morgan fingerprint density at radius 2 is 1.93 bits per heavy atom. The molecule has 2 rings (SSSR count). The van der Waals surface area contributed by atoms with Crippen molar-refractivity contribution in [2.24, 2.45) is 0 Å². The fraction of sp³-hybridized carbons (Fsp3) is 0.143. The van der Waals surface area contributed by atoms with E-state index in [4.69, 9.17) is 0 Å². The van der Waals surface area contributed by atoms with E-state index in [9.17, 15) is 13.2 Å². The minimum atomic E-state index is -4.48. The van der Waals surface area contributed by atoms with Crippen LogP contribution in [0.5, 0.6) is 0 Å². The van der Waals surface area contributed by atoms with Crippen LogP contribution in [0.3, 0.4) is 0 Å². The van der Waals surface area contributed by atoms with Gasteiger partial charge in [-0.25, -0.2) is 12.1 Å². The van der Waals surface area contributed by atoms with E-state index in [2.05, 4.69) is 16.3 Å². The molecule has 0 unspecified atom stereocenters. The molecule has 2 heterocycles. The Morgan fingerprint density at radius 1 is 1.27 bits per heavy atom. The molecule has 15 heavy (non-hydrogen) atoms. The van der Waals surface area contributed by atoms with E-state index in [0.29, 0.717) is 0 Å². The van der Waals surface area contributed by atoms with Gasteiger partial charge in [-0.2, -0.15) is 24.3 Å². The van der Waals surface area contributed by atoms with E-state index in [1.54, 1.807) is 0 Å². The smallest absolute Gasteiger partial charge is 1.00 e. The monoisotopic (exact) mass is 245 g/mol. The number of nitrogens with zero attached hydrogens (tertiary/aromatic N) is 3. The van der Waals surface area contributed by atoms with Crippen LogP contribution in [-0.4, -0.2) is 37.7 Å². The van der Waals surface area contributed by atoms with E-state index in [1.807, 2.05) is 0 Å². The molecule has 0 atom stereocenters. The summed E-state index contributed by atoms with van der Waals surface area (Å²) in [6.07, 6.45) is -3.23. The van der Waals surface area contributed by atoms with Crippen LogP contribution in [0.1, 0.15) is 5.82 Å². The van der Waals surface area contributed by atoms with Gasteiger partial charge in [0.15, 0.2) is 0 Å². The molecule has 76 valence electrons. The molecule has 0 aromatic carbocycles. The van der Waals surface area contributed by atoms with E-state index in [0.717, 1.165) is 4.40 Å². The predicted molar refractivity (Wildman–Crippen MR) is 42.6 cm³/mol. The summed E-state index contributed by atoms with van der Waals surface area (Å²) in [5.74, 6) is -1.03. The van der Waals surface area contributed by atoms with Gasteiger partial charge in [0.05, 0.1) is 5.65 Å². The minimum absolute atomic E-state index is 0. The Labute approximate surface area is 105 Å². The van der Waals surface area contributed by atoms with Crippen molar-refractivity contribution in [3.63, 3.8) is 0 Å². The van der Waals surface area contributed by atoms with Crippen LogP contribution in [0.25, 0.3) is 5.65 Å². The largest absolute Gasteiger partial charge is 2.00 e. The van der Waals surface area contributed by atoms with E-state index in [1.165, 1.54) is 18.3 Å². The molecule has 0 radical (unpaired) electrons.